The smallest absolute Gasteiger partial charge is 0.214 e. The van der Waals surface area contributed by atoms with E-state index < -0.39 is 0 Å². The van der Waals surface area contributed by atoms with Gasteiger partial charge in [0.2, 0.25) is 5.88 Å². The number of hydrogen-bond donors (Lipinski definition) is 0. The van der Waals surface area contributed by atoms with E-state index in [-0.39, 0.29) is 0 Å². The van der Waals surface area contributed by atoms with Gasteiger partial charge < -0.3 is 9.64 Å². The summed E-state index contributed by atoms with van der Waals surface area (Å²) in [4.78, 5) is 6.85. The number of aromatic nitrogens is 1. The Kier molecular flexibility index (Phi) is 6.34. The zero-order chi connectivity index (χ0) is 12.7. The second-order valence-corrected chi connectivity index (χ2v) is 4.68. The standard InChI is InChI=1S/C13H21BrN2O/c1-4-11(5-2)16(10-9-14)12-7-6-8-13(15-12)17-3/h6-8,11H,4-5,9-10H2,1-3H3. The number of rotatable bonds is 7. The second-order valence-electron chi connectivity index (χ2n) is 3.89. The highest BCUT2D eigenvalue weighted by Gasteiger charge is 2.16. The summed E-state index contributed by atoms with van der Waals surface area (Å²) in [5, 5.41) is 0.947. The fourth-order valence-corrected chi connectivity index (χ4v) is 2.36. The zero-order valence-corrected chi connectivity index (χ0v) is 12.4. The molecule has 96 valence electrons. The lowest BCUT2D eigenvalue weighted by atomic mass is 10.1. The molecule has 0 unspecified atom stereocenters. The number of anilines is 1. The van der Waals surface area contributed by atoms with Crippen molar-refractivity contribution in [1.82, 2.24) is 4.98 Å². The summed E-state index contributed by atoms with van der Waals surface area (Å²) < 4.78 is 5.18. The maximum absolute atomic E-state index is 5.18. The molecule has 17 heavy (non-hydrogen) atoms. The average Bonchev–Trinajstić information content (AvgIpc) is 2.39. The van der Waals surface area contributed by atoms with Crippen LogP contribution in [0.2, 0.25) is 0 Å². The summed E-state index contributed by atoms with van der Waals surface area (Å²) in [6, 6.07) is 6.45. The maximum atomic E-state index is 5.18. The van der Waals surface area contributed by atoms with Crippen LogP contribution in [0.5, 0.6) is 5.88 Å². The molecule has 0 atom stereocenters. The first kappa shape index (κ1) is 14.3. The van der Waals surface area contributed by atoms with Crippen LogP contribution in [-0.4, -0.2) is 30.0 Å². The number of hydrogen-bond acceptors (Lipinski definition) is 3. The van der Waals surface area contributed by atoms with E-state index in [4.69, 9.17) is 4.74 Å². The average molecular weight is 301 g/mol. The minimum atomic E-state index is 0.534. The molecule has 0 aliphatic rings. The van der Waals surface area contributed by atoms with Crippen molar-refractivity contribution in [2.45, 2.75) is 32.7 Å². The van der Waals surface area contributed by atoms with E-state index in [0.29, 0.717) is 11.9 Å². The molecule has 0 aromatic carbocycles. The van der Waals surface area contributed by atoms with E-state index in [9.17, 15) is 0 Å². The van der Waals surface area contributed by atoms with Crippen LogP contribution in [0.25, 0.3) is 0 Å². The SMILES string of the molecule is CCC(CC)N(CCBr)c1cccc(OC)n1. The van der Waals surface area contributed by atoms with Gasteiger partial charge in [0.05, 0.1) is 7.11 Å². The molecule has 0 saturated carbocycles. The van der Waals surface area contributed by atoms with Gasteiger partial charge in [0.25, 0.3) is 0 Å². The van der Waals surface area contributed by atoms with E-state index in [1.807, 2.05) is 18.2 Å². The molecule has 3 nitrogen and oxygen atoms in total. The molecule has 0 amide bonds. The molecule has 0 saturated heterocycles. The number of nitrogens with zero attached hydrogens (tertiary/aromatic N) is 2. The van der Waals surface area contributed by atoms with Gasteiger partial charge in [0.15, 0.2) is 0 Å². The highest BCUT2D eigenvalue weighted by atomic mass is 79.9. The van der Waals surface area contributed by atoms with E-state index in [0.717, 1.165) is 30.5 Å². The Balaban J connectivity index is 2.94. The van der Waals surface area contributed by atoms with Gasteiger partial charge >= 0.3 is 0 Å². The number of halogens is 1. The molecule has 0 aliphatic carbocycles. The van der Waals surface area contributed by atoms with Gasteiger partial charge in [0, 0.05) is 24.0 Å². The van der Waals surface area contributed by atoms with E-state index in [1.165, 1.54) is 0 Å². The molecule has 0 fully saturated rings. The second kappa shape index (κ2) is 7.54. The molecule has 1 aromatic heterocycles. The molecule has 1 heterocycles. The topological polar surface area (TPSA) is 25.4 Å². The van der Waals surface area contributed by atoms with Crippen LogP contribution in [0.1, 0.15) is 26.7 Å². The van der Waals surface area contributed by atoms with Crippen LogP contribution in [-0.2, 0) is 0 Å². The number of methoxy groups -OCH3 is 1. The van der Waals surface area contributed by atoms with Crippen molar-refractivity contribution in [2.24, 2.45) is 0 Å². The highest BCUT2D eigenvalue weighted by Crippen LogP contribution is 2.20. The predicted octanol–water partition coefficient (Wildman–Crippen LogP) is 3.48. The van der Waals surface area contributed by atoms with E-state index in [2.05, 4.69) is 39.7 Å². The fourth-order valence-electron chi connectivity index (χ4n) is 1.98. The van der Waals surface area contributed by atoms with Crippen molar-refractivity contribution >= 4 is 21.7 Å². The van der Waals surface area contributed by atoms with Crippen molar-refractivity contribution in [3.63, 3.8) is 0 Å². The maximum Gasteiger partial charge on any atom is 0.214 e. The highest BCUT2D eigenvalue weighted by molar-refractivity contribution is 9.09. The van der Waals surface area contributed by atoms with Gasteiger partial charge in [-0.25, -0.2) is 0 Å². The minimum absolute atomic E-state index is 0.534. The summed E-state index contributed by atoms with van der Waals surface area (Å²) in [7, 11) is 1.65. The van der Waals surface area contributed by atoms with Crippen LogP contribution in [0, 0.1) is 0 Å². The van der Waals surface area contributed by atoms with Gasteiger partial charge in [-0.05, 0) is 18.9 Å². The zero-order valence-electron chi connectivity index (χ0n) is 10.8. The Morgan fingerprint density at radius 1 is 1.35 bits per heavy atom. The first-order chi connectivity index (χ1) is 8.26. The normalized spacial score (nSPS) is 10.6. The first-order valence-corrected chi connectivity index (χ1v) is 7.22. The molecular weight excluding hydrogens is 280 g/mol. The number of pyridine rings is 1. The molecule has 0 aliphatic heterocycles. The Morgan fingerprint density at radius 2 is 2.06 bits per heavy atom. The molecular formula is C13H21BrN2O. The monoisotopic (exact) mass is 300 g/mol. The van der Waals surface area contributed by atoms with Gasteiger partial charge in [-0.15, -0.1) is 0 Å². The first-order valence-electron chi connectivity index (χ1n) is 6.10. The molecule has 4 heteroatoms. The largest absolute Gasteiger partial charge is 0.481 e. The van der Waals surface area contributed by atoms with Gasteiger partial charge in [-0.3, -0.25) is 0 Å². The summed E-state index contributed by atoms with van der Waals surface area (Å²) in [5.41, 5.74) is 0. The Morgan fingerprint density at radius 3 is 2.59 bits per heavy atom. The van der Waals surface area contributed by atoms with Gasteiger partial charge in [0.1, 0.15) is 5.82 Å². The van der Waals surface area contributed by atoms with Crippen LogP contribution in [0.15, 0.2) is 18.2 Å². The lowest BCUT2D eigenvalue weighted by Gasteiger charge is -2.31. The summed E-state index contributed by atoms with van der Waals surface area (Å²) in [6.07, 6.45) is 2.25. The van der Waals surface area contributed by atoms with Crippen molar-refractivity contribution in [3.05, 3.63) is 18.2 Å². The molecule has 0 bridgehead atoms. The van der Waals surface area contributed by atoms with E-state index >= 15 is 0 Å². The molecule has 0 N–H and O–H groups in total. The van der Waals surface area contributed by atoms with E-state index in [1.54, 1.807) is 7.11 Å². The molecule has 1 rings (SSSR count). The summed E-state index contributed by atoms with van der Waals surface area (Å²) >= 11 is 3.51. The van der Waals surface area contributed by atoms with Gasteiger partial charge in [-0.1, -0.05) is 35.8 Å². The summed E-state index contributed by atoms with van der Waals surface area (Å²) in [5.74, 6) is 1.67. The lowest BCUT2D eigenvalue weighted by molar-refractivity contribution is 0.397. The van der Waals surface area contributed by atoms with Crippen LogP contribution < -0.4 is 9.64 Å². The fraction of sp³-hybridized carbons (Fsp3) is 0.615. The van der Waals surface area contributed by atoms with Crippen LogP contribution in [0.3, 0.4) is 0 Å². The third-order valence-electron chi connectivity index (χ3n) is 2.92. The predicted molar refractivity (Wildman–Crippen MR) is 76.3 cm³/mol. The van der Waals surface area contributed by atoms with Crippen LogP contribution >= 0.6 is 15.9 Å². The van der Waals surface area contributed by atoms with Gasteiger partial charge in [-0.2, -0.15) is 4.98 Å². The number of ether oxygens (including phenoxy) is 1. The quantitative estimate of drug-likeness (QED) is 0.721. The molecule has 0 radical (unpaired) electrons. The third kappa shape index (κ3) is 3.87. The molecule has 0 spiro atoms. The molecule has 1 aromatic rings. The van der Waals surface area contributed by atoms with Crippen molar-refractivity contribution in [3.8, 4) is 5.88 Å². The van der Waals surface area contributed by atoms with Crippen molar-refractivity contribution in [1.29, 1.82) is 0 Å². The Hall–Kier alpha value is -0.770. The van der Waals surface area contributed by atoms with Crippen molar-refractivity contribution in [2.75, 3.05) is 23.9 Å². The summed E-state index contributed by atoms with van der Waals surface area (Å²) in [6.45, 7) is 5.40. The lowest BCUT2D eigenvalue weighted by Crippen LogP contribution is -2.36. The minimum Gasteiger partial charge on any atom is -0.481 e. The van der Waals surface area contributed by atoms with Crippen LogP contribution in [0.4, 0.5) is 5.82 Å². The van der Waals surface area contributed by atoms with Crippen molar-refractivity contribution < 1.29 is 4.74 Å². The Bertz CT molecular complexity index is 329. The Labute approximate surface area is 112 Å². The number of alkyl halides is 1. The third-order valence-corrected chi connectivity index (χ3v) is 3.28.